The summed E-state index contributed by atoms with van der Waals surface area (Å²) in [6.45, 7) is 6.61. The number of nitrogens with zero attached hydrogens (tertiary/aromatic N) is 1. The highest BCUT2D eigenvalue weighted by atomic mass is 35.5. The van der Waals surface area contributed by atoms with Gasteiger partial charge in [-0.1, -0.05) is 32.4 Å². The van der Waals surface area contributed by atoms with Crippen molar-refractivity contribution >= 4 is 17.6 Å². The van der Waals surface area contributed by atoms with Crippen LogP contribution in [-0.4, -0.2) is 21.7 Å². The first-order chi connectivity index (χ1) is 10.2. The molecule has 1 aliphatic carbocycles. The lowest BCUT2D eigenvalue weighted by atomic mass is 9.67. The van der Waals surface area contributed by atoms with E-state index in [2.05, 4.69) is 25.8 Å². The summed E-state index contributed by atoms with van der Waals surface area (Å²) in [5, 5.41) is 10.9. The van der Waals surface area contributed by atoms with Crippen molar-refractivity contribution in [2.24, 2.45) is 11.3 Å². The maximum Gasteiger partial charge on any atom is 0.309 e. The van der Waals surface area contributed by atoms with Crippen LogP contribution in [0.2, 0.25) is 5.02 Å². The second kappa shape index (κ2) is 6.55. The number of aliphatic hydroxyl groups is 1. The van der Waals surface area contributed by atoms with Gasteiger partial charge in [0.15, 0.2) is 0 Å². The minimum atomic E-state index is -0.703. The van der Waals surface area contributed by atoms with E-state index in [1.165, 1.54) is 6.20 Å². The highest BCUT2D eigenvalue weighted by Gasteiger charge is 2.46. The van der Waals surface area contributed by atoms with Crippen LogP contribution in [0.1, 0.15) is 52.0 Å². The molecule has 5 heteroatoms. The molecule has 122 valence electrons. The molecule has 0 aromatic carbocycles. The van der Waals surface area contributed by atoms with Crippen molar-refractivity contribution in [3.63, 3.8) is 0 Å². The van der Waals surface area contributed by atoms with Crippen molar-refractivity contribution in [3.8, 4) is 0 Å². The van der Waals surface area contributed by atoms with Crippen molar-refractivity contribution in [2.75, 3.05) is 0 Å². The zero-order valence-corrected chi connectivity index (χ0v) is 14.2. The lowest BCUT2D eigenvalue weighted by molar-refractivity contribution is -0.167. The van der Waals surface area contributed by atoms with Gasteiger partial charge in [0.1, 0.15) is 6.61 Å². The van der Waals surface area contributed by atoms with Crippen LogP contribution in [0.5, 0.6) is 0 Å². The first-order valence-electron chi connectivity index (χ1n) is 7.66. The topological polar surface area (TPSA) is 59.4 Å². The van der Waals surface area contributed by atoms with Gasteiger partial charge in [-0.05, 0) is 37.2 Å². The fourth-order valence-electron chi connectivity index (χ4n) is 2.62. The minimum Gasteiger partial charge on any atom is -0.461 e. The Balaban J connectivity index is 1.76. The van der Waals surface area contributed by atoms with E-state index in [0.717, 1.165) is 18.4 Å². The SMILES string of the molecule is CC(C)(C)CCC1(O)CC(C(=O)OCc2ccncc2Cl)C1. The van der Waals surface area contributed by atoms with Crippen molar-refractivity contribution in [1.29, 1.82) is 0 Å². The number of pyridine rings is 1. The Morgan fingerprint density at radius 2 is 2.18 bits per heavy atom. The number of hydrogen-bond donors (Lipinski definition) is 1. The molecule has 1 aromatic rings. The molecule has 4 nitrogen and oxygen atoms in total. The summed E-state index contributed by atoms with van der Waals surface area (Å²) in [7, 11) is 0. The van der Waals surface area contributed by atoms with Crippen molar-refractivity contribution < 1.29 is 14.6 Å². The van der Waals surface area contributed by atoms with Crippen LogP contribution in [0.4, 0.5) is 0 Å². The van der Waals surface area contributed by atoms with Crippen LogP contribution in [-0.2, 0) is 16.1 Å². The molecule has 0 spiro atoms. The van der Waals surface area contributed by atoms with Gasteiger partial charge in [0.05, 0.1) is 16.5 Å². The lowest BCUT2D eigenvalue weighted by Crippen LogP contribution is -2.47. The normalized spacial score (nSPS) is 24.7. The second-order valence-corrected chi connectivity index (χ2v) is 7.87. The number of esters is 1. The molecule has 0 radical (unpaired) electrons. The predicted octanol–water partition coefficient (Wildman–Crippen LogP) is 3.75. The number of carbonyl (C=O) groups is 1. The summed E-state index contributed by atoms with van der Waals surface area (Å²) < 4.78 is 5.29. The Morgan fingerprint density at radius 3 is 2.77 bits per heavy atom. The highest BCUT2D eigenvalue weighted by molar-refractivity contribution is 6.31. The molecule has 0 amide bonds. The van der Waals surface area contributed by atoms with Gasteiger partial charge < -0.3 is 9.84 Å². The average Bonchev–Trinajstić information content (AvgIpc) is 2.40. The van der Waals surface area contributed by atoms with Crippen LogP contribution in [0.3, 0.4) is 0 Å². The average molecular weight is 326 g/mol. The van der Waals surface area contributed by atoms with Gasteiger partial charge in [-0.3, -0.25) is 9.78 Å². The van der Waals surface area contributed by atoms with Crippen molar-refractivity contribution in [2.45, 2.75) is 58.7 Å². The first kappa shape index (κ1) is 17.2. The molecule has 0 aliphatic heterocycles. The fraction of sp³-hybridized carbons (Fsp3) is 0.647. The van der Waals surface area contributed by atoms with Crippen LogP contribution in [0.25, 0.3) is 0 Å². The van der Waals surface area contributed by atoms with Gasteiger partial charge in [-0.15, -0.1) is 0 Å². The third kappa shape index (κ3) is 4.68. The summed E-state index contributed by atoms with van der Waals surface area (Å²) in [6.07, 6.45) is 5.80. The third-order valence-corrected chi connectivity index (χ3v) is 4.49. The Bertz CT molecular complexity index is 533. The number of ether oxygens (including phenoxy) is 1. The Kier molecular flexibility index (Phi) is 5.13. The quantitative estimate of drug-likeness (QED) is 0.838. The number of hydrogen-bond acceptors (Lipinski definition) is 4. The van der Waals surface area contributed by atoms with Gasteiger partial charge in [0.2, 0.25) is 0 Å². The van der Waals surface area contributed by atoms with Crippen molar-refractivity contribution in [1.82, 2.24) is 4.98 Å². The summed E-state index contributed by atoms with van der Waals surface area (Å²) in [4.78, 5) is 15.9. The zero-order chi connectivity index (χ0) is 16.4. The molecule has 0 saturated heterocycles. The van der Waals surface area contributed by atoms with E-state index >= 15 is 0 Å². The maximum absolute atomic E-state index is 12.0. The Hall–Kier alpha value is -1.13. The second-order valence-electron chi connectivity index (χ2n) is 7.46. The van der Waals surface area contributed by atoms with E-state index in [-0.39, 0.29) is 23.9 Å². The van der Waals surface area contributed by atoms with E-state index in [9.17, 15) is 9.90 Å². The molecule has 0 atom stereocenters. The van der Waals surface area contributed by atoms with Crippen molar-refractivity contribution in [3.05, 3.63) is 29.0 Å². The molecule has 1 aromatic heterocycles. The first-order valence-corrected chi connectivity index (χ1v) is 8.04. The fourth-order valence-corrected chi connectivity index (χ4v) is 2.80. The van der Waals surface area contributed by atoms with Gasteiger partial charge in [-0.2, -0.15) is 0 Å². The van der Waals surface area contributed by atoms with E-state index < -0.39 is 5.60 Å². The monoisotopic (exact) mass is 325 g/mol. The third-order valence-electron chi connectivity index (χ3n) is 4.15. The largest absolute Gasteiger partial charge is 0.461 e. The van der Waals surface area contributed by atoms with E-state index in [1.807, 2.05) is 0 Å². The zero-order valence-electron chi connectivity index (χ0n) is 13.4. The summed E-state index contributed by atoms with van der Waals surface area (Å²) in [6, 6.07) is 1.73. The molecule has 1 N–H and O–H groups in total. The molecule has 1 aliphatic rings. The molecule has 22 heavy (non-hydrogen) atoms. The van der Waals surface area contributed by atoms with Gasteiger partial charge in [0.25, 0.3) is 0 Å². The molecule has 2 rings (SSSR count). The van der Waals surface area contributed by atoms with Crippen LogP contribution in [0.15, 0.2) is 18.5 Å². The number of carbonyl (C=O) groups excluding carboxylic acids is 1. The van der Waals surface area contributed by atoms with E-state index in [1.54, 1.807) is 12.3 Å². The Labute approximate surface area is 136 Å². The van der Waals surface area contributed by atoms with Gasteiger partial charge in [-0.25, -0.2) is 0 Å². The van der Waals surface area contributed by atoms with Gasteiger partial charge >= 0.3 is 5.97 Å². The summed E-state index contributed by atoms with van der Waals surface area (Å²) >= 11 is 5.97. The van der Waals surface area contributed by atoms with Crippen LogP contribution < -0.4 is 0 Å². The summed E-state index contributed by atoms with van der Waals surface area (Å²) in [5.74, 6) is -0.459. The van der Waals surface area contributed by atoms with E-state index in [0.29, 0.717) is 17.9 Å². The van der Waals surface area contributed by atoms with Crippen LogP contribution >= 0.6 is 11.6 Å². The molecular formula is C17H24ClNO3. The molecule has 0 bridgehead atoms. The molecular weight excluding hydrogens is 302 g/mol. The maximum atomic E-state index is 12.0. The molecule has 1 fully saturated rings. The number of aromatic nitrogens is 1. The van der Waals surface area contributed by atoms with Crippen LogP contribution in [0, 0.1) is 11.3 Å². The standard InChI is InChI=1S/C17H24ClNO3/c1-16(2,3)5-6-17(21)8-13(9-17)15(20)22-11-12-4-7-19-10-14(12)18/h4,7,10,13,21H,5-6,8-9,11H2,1-3H3. The molecule has 0 unspecified atom stereocenters. The Morgan fingerprint density at radius 1 is 1.50 bits per heavy atom. The number of rotatable bonds is 5. The predicted molar refractivity (Wildman–Crippen MR) is 85.4 cm³/mol. The molecule has 1 saturated carbocycles. The number of halogens is 1. The summed E-state index contributed by atoms with van der Waals surface area (Å²) in [5.41, 5.74) is 0.234. The smallest absolute Gasteiger partial charge is 0.309 e. The lowest BCUT2D eigenvalue weighted by Gasteiger charge is -2.43. The minimum absolute atomic E-state index is 0.150. The highest BCUT2D eigenvalue weighted by Crippen LogP contribution is 2.43. The van der Waals surface area contributed by atoms with Gasteiger partial charge in [0, 0.05) is 18.0 Å². The van der Waals surface area contributed by atoms with E-state index in [4.69, 9.17) is 16.3 Å². The molecule has 1 heterocycles.